The number of nitrogens with zero attached hydrogens (tertiary/aromatic N) is 3. The summed E-state index contributed by atoms with van der Waals surface area (Å²) in [5, 5.41) is 6.74. The Morgan fingerprint density at radius 2 is 1.78 bits per heavy atom. The van der Waals surface area contributed by atoms with E-state index in [1.807, 2.05) is 53.4 Å². The van der Waals surface area contributed by atoms with Crippen molar-refractivity contribution in [1.29, 1.82) is 0 Å². The molecular weight excluding hydrogens is 343 g/mol. The van der Waals surface area contributed by atoms with E-state index in [2.05, 4.69) is 10.4 Å². The minimum atomic E-state index is -0.451. The number of hydrogen-bond donors (Lipinski definition) is 1. The standard InChI is InChI=1S/C21H17FN4O/c22-19-15-17(6-9-20(19)26-13-3-10-23-26)24-21(27)14-16-4-7-18(8-5-16)25-11-1-2-12-25/h1-13,15H,14H2,(H,24,27). The Labute approximate surface area is 155 Å². The lowest BCUT2D eigenvalue weighted by atomic mass is 10.1. The van der Waals surface area contributed by atoms with Gasteiger partial charge in [-0.2, -0.15) is 5.10 Å². The lowest BCUT2D eigenvalue weighted by Gasteiger charge is -2.09. The molecule has 0 spiro atoms. The third-order valence-electron chi connectivity index (χ3n) is 4.19. The smallest absolute Gasteiger partial charge is 0.228 e. The van der Waals surface area contributed by atoms with E-state index in [0.29, 0.717) is 11.4 Å². The largest absolute Gasteiger partial charge is 0.326 e. The van der Waals surface area contributed by atoms with Gasteiger partial charge in [0.15, 0.2) is 5.82 Å². The molecule has 0 aliphatic rings. The van der Waals surface area contributed by atoms with E-state index in [-0.39, 0.29) is 12.3 Å². The van der Waals surface area contributed by atoms with Crippen molar-refractivity contribution in [2.75, 3.05) is 5.32 Å². The lowest BCUT2D eigenvalue weighted by Crippen LogP contribution is -2.14. The molecule has 0 unspecified atom stereocenters. The fourth-order valence-electron chi connectivity index (χ4n) is 2.86. The summed E-state index contributed by atoms with van der Waals surface area (Å²) in [6.45, 7) is 0. The highest BCUT2D eigenvalue weighted by Gasteiger charge is 2.09. The quantitative estimate of drug-likeness (QED) is 0.585. The van der Waals surface area contributed by atoms with Gasteiger partial charge in [-0.05, 0) is 54.1 Å². The third-order valence-corrected chi connectivity index (χ3v) is 4.19. The van der Waals surface area contributed by atoms with Gasteiger partial charge in [0.25, 0.3) is 0 Å². The molecule has 0 saturated carbocycles. The Morgan fingerprint density at radius 1 is 1.00 bits per heavy atom. The Bertz CT molecular complexity index is 1040. The maximum absolute atomic E-state index is 14.3. The van der Waals surface area contributed by atoms with Crippen molar-refractivity contribution in [1.82, 2.24) is 14.3 Å². The van der Waals surface area contributed by atoms with Crippen LogP contribution in [0.2, 0.25) is 0 Å². The van der Waals surface area contributed by atoms with Gasteiger partial charge in [-0.15, -0.1) is 0 Å². The molecule has 0 radical (unpaired) electrons. The van der Waals surface area contributed by atoms with E-state index in [0.717, 1.165) is 11.3 Å². The van der Waals surface area contributed by atoms with Crippen LogP contribution in [0.15, 0.2) is 85.5 Å². The molecular formula is C21H17FN4O. The fraction of sp³-hybridized carbons (Fsp3) is 0.0476. The summed E-state index contributed by atoms with van der Waals surface area (Å²) in [6, 6.07) is 17.9. The number of benzene rings is 2. The van der Waals surface area contributed by atoms with Crippen LogP contribution in [-0.2, 0) is 11.2 Å². The van der Waals surface area contributed by atoms with Crippen LogP contribution in [0.1, 0.15) is 5.56 Å². The van der Waals surface area contributed by atoms with Crippen LogP contribution in [0.5, 0.6) is 0 Å². The number of hydrogen-bond acceptors (Lipinski definition) is 2. The zero-order valence-corrected chi connectivity index (χ0v) is 14.4. The number of halogens is 1. The minimum absolute atomic E-state index is 0.199. The molecule has 0 aliphatic heterocycles. The Balaban J connectivity index is 1.41. The van der Waals surface area contributed by atoms with Gasteiger partial charge in [0, 0.05) is 36.2 Å². The molecule has 1 N–H and O–H groups in total. The Hall–Kier alpha value is -3.67. The number of carbonyl (C=O) groups is 1. The SMILES string of the molecule is O=C(Cc1ccc(-n2cccc2)cc1)Nc1ccc(-n2cccn2)c(F)c1. The van der Waals surface area contributed by atoms with Gasteiger partial charge in [-0.1, -0.05) is 12.1 Å². The molecule has 27 heavy (non-hydrogen) atoms. The molecule has 0 fully saturated rings. The number of nitrogens with one attached hydrogen (secondary N) is 1. The molecule has 4 aromatic rings. The topological polar surface area (TPSA) is 51.9 Å². The maximum Gasteiger partial charge on any atom is 0.228 e. The van der Waals surface area contributed by atoms with Crippen molar-refractivity contribution in [3.05, 3.63) is 96.8 Å². The second-order valence-corrected chi connectivity index (χ2v) is 6.10. The molecule has 2 aromatic heterocycles. The van der Waals surface area contributed by atoms with Gasteiger partial charge < -0.3 is 9.88 Å². The number of carbonyl (C=O) groups excluding carboxylic acids is 1. The van der Waals surface area contributed by atoms with Gasteiger partial charge in [0.05, 0.1) is 6.42 Å². The molecule has 0 saturated heterocycles. The van der Waals surface area contributed by atoms with E-state index >= 15 is 0 Å². The summed E-state index contributed by atoms with van der Waals surface area (Å²) >= 11 is 0. The molecule has 4 rings (SSSR count). The number of aromatic nitrogens is 3. The summed E-state index contributed by atoms with van der Waals surface area (Å²) in [5.41, 5.74) is 2.66. The first-order valence-electron chi connectivity index (χ1n) is 8.51. The van der Waals surface area contributed by atoms with Crippen LogP contribution < -0.4 is 5.32 Å². The van der Waals surface area contributed by atoms with Gasteiger partial charge in [-0.25, -0.2) is 9.07 Å². The van der Waals surface area contributed by atoms with E-state index < -0.39 is 5.82 Å². The van der Waals surface area contributed by atoms with Crippen molar-refractivity contribution in [3.8, 4) is 11.4 Å². The zero-order chi connectivity index (χ0) is 18.6. The van der Waals surface area contributed by atoms with E-state index in [1.165, 1.54) is 10.7 Å². The molecule has 0 bridgehead atoms. The van der Waals surface area contributed by atoms with Crippen LogP contribution in [0.25, 0.3) is 11.4 Å². The summed E-state index contributed by atoms with van der Waals surface area (Å²) in [5.74, 6) is -0.650. The van der Waals surface area contributed by atoms with E-state index in [4.69, 9.17) is 0 Å². The predicted molar refractivity (Wildman–Crippen MR) is 102 cm³/mol. The van der Waals surface area contributed by atoms with Gasteiger partial charge >= 0.3 is 0 Å². The van der Waals surface area contributed by atoms with Crippen LogP contribution in [0.4, 0.5) is 10.1 Å². The average molecular weight is 360 g/mol. The average Bonchev–Trinajstić information content (AvgIpc) is 3.36. The molecule has 5 nitrogen and oxygen atoms in total. The summed E-state index contributed by atoms with van der Waals surface area (Å²) in [6.07, 6.45) is 7.38. The van der Waals surface area contributed by atoms with Crippen LogP contribution >= 0.6 is 0 Å². The first-order valence-corrected chi connectivity index (χ1v) is 8.51. The van der Waals surface area contributed by atoms with Crippen molar-refractivity contribution >= 4 is 11.6 Å². The van der Waals surface area contributed by atoms with E-state index in [1.54, 1.807) is 30.6 Å². The number of rotatable bonds is 5. The fourth-order valence-corrected chi connectivity index (χ4v) is 2.86. The molecule has 2 aromatic carbocycles. The second-order valence-electron chi connectivity index (χ2n) is 6.10. The first kappa shape index (κ1) is 16.8. The minimum Gasteiger partial charge on any atom is -0.326 e. The van der Waals surface area contributed by atoms with Crippen LogP contribution in [0, 0.1) is 5.82 Å². The molecule has 1 amide bonds. The molecule has 0 aliphatic carbocycles. The van der Waals surface area contributed by atoms with Crippen molar-refractivity contribution in [3.63, 3.8) is 0 Å². The van der Waals surface area contributed by atoms with Crippen molar-refractivity contribution in [2.24, 2.45) is 0 Å². The van der Waals surface area contributed by atoms with Gasteiger partial charge in [0.1, 0.15) is 5.69 Å². The van der Waals surface area contributed by atoms with Crippen LogP contribution in [-0.4, -0.2) is 20.3 Å². The highest BCUT2D eigenvalue weighted by molar-refractivity contribution is 5.92. The number of amides is 1. The second kappa shape index (κ2) is 7.29. The third kappa shape index (κ3) is 3.79. The van der Waals surface area contributed by atoms with E-state index in [9.17, 15) is 9.18 Å². The van der Waals surface area contributed by atoms with Crippen molar-refractivity contribution < 1.29 is 9.18 Å². The van der Waals surface area contributed by atoms with Gasteiger partial charge in [-0.3, -0.25) is 4.79 Å². The van der Waals surface area contributed by atoms with Gasteiger partial charge in [0.2, 0.25) is 5.91 Å². The Morgan fingerprint density at radius 3 is 2.44 bits per heavy atom. The molecule has 2 heterocycles. The normalized spacial score (nSPS) is 10.7. The summed E-state index contributed by atoms with van der Waals surface area (Å²) in [7, 11) is 0. The Kier molecular flexibility index (Phi) is 4.53. The summed E-state index contributed by atoms with van der Waals surface area (Å²) < 4.78 is 17.7. The monoisotopic (exact) mass is 360 g/mol. The predicted octanol–water partition coefficient (Wildman–Crippen LogP) is 3.98. The summed E-state index contributed by atoms with van der Waals surface area (Å²) in [4.78, 5) is 12.3. The lowest BCUT2D eigenvalue weighted by molar-refractivity contribution is -0.115. The highest BCUT2D eigenvalue weighted by atomic mass is 19.1. The van der Waals surface area contributed by atoms with Crippen molar-refractivity contribution in [2.45, 2.75) is 6.42 Å². The number of anilines is 1. The first-order chi connectivity index (χ1) is 13.2. The zero-order valence-electron chi connectivity index (χ0n) is 14.4. The molecule has 6 heteroatoms. The maximum atomic E-state index is 14.3. The molecule has 134 valence electrons. The van der Waals surface area contributed by atoms with Crippen LogP contribution in [0.3, 0.4) is 0 Å². The highest BCUT2D eigenvalue weighted by Crippen LogP contribution is 2.18. The molecule has 0 atom stereocenters.